The van der Waals surface area contributed by atoms with E-state index in [9.17, 15) is 0 Å². The van der Waals surface area contributed by atoms with Crippen LogP contribution >= 0.6 is 15.9 Å². The summed E-state index contributed by atoms with van der Waals surface area (Å²) in [5.41, 5.74) is 1.19. The van der Waals surface area contributed by atoms with Crippen LogP contribution in [0.25, 0.3) is 0 Å². The number of halogens is 1. The summed E-state index contributed by atoms with van der Waals surface area (Å²) in [5.74, 6) is 0. The molecule has 0 aromatic heterocycles. The maximum atomic E-state index is 3.39. The van der Waals surface area contributed by atoms with Gasteiger partial charge in [-0.25, -0.2) is 0 Å². The second-order valence-electron chi connectivity index (χ2n) is 2.43. The average Bonchev–Trinajstić information content (AvgIpc) is 2.04. The molecule has 1 aromatic carbocycles. The molecular weight excluding hydrogens is 202 g/mol. The first-order valence-electron chi connectivity index (χ1n) is 3.82. The predicted octanol–water partition coefficient (Wildman–Crippen LogP) is 3.27. The predicted molar refractivity (Wildman–Crippen MR) is 52.9 cm³/mol. The Morgan fingerprint density at radius 3 is 2.45 bits per heavy atom. The van der Waals surface area contributed by atoms with Crippen LogP contribution in [0.1, 0.15) is 13.3 Å². The molecule has 0 spiro atoms. The Bertz CT molecular complexity index is 205. The fourth-order valence-electron chi connectivity index (χ4n) is 0.837. The summed E-state index contributed by atoms with van der Waals surface area (Å²) in [4.78, 5) is 0. The minimum absolute atomic E-state index is 1.04. The summed E-state index contributed by atoms with van der Waals surface area (Å²) in [6.07, 6.45) is 1.16. The highest BCUT2D eigenvalue weighted by atomic mass is 79.9. The Kier molecular flexibility index (Phi) is 3.43. The van der Waals surface area contributed by atoms with E-state index in [1.807, 2.05) is 12.1 Å². The van der Waals surface area contributed by atoms with E-state index in [1.54, 1.807) is 0 Å². The van der Waals surface area contributed by atoms with Gasteiger partial charge in [-0.3, -0.25) is 0 Å². The topological polar surface area (TPSA) is 12.0 Å². The molecule has 0 radical (unpaired) electrons. The summed E-state index contributed by atoms with van der Waals surface area (Å²) in [6, 6.07) is 8.22. The molecule has 2 heteroatoms. The molecule has 0 saturated carbocycles. The highest BCUT2D eigenvalue weighted by molar-refractivity contribution is 9.10. The van der Waals surface area contributed by atoms with Crippen molar-refractivity contribution in [1.29, 1.82) is 0 Å². The van der Waals surface area contributed by atoms with Gasteiger partial charge in [0.15, 0.2) is 0 Å². The molecule has 1 nitrogen and oxygen atoms in total. The van der Waals surface area contributed by atoms with E-state index in [1.165, 1.54) is 5.69 Å². The minimum Gasteiger partial charge on any atom is -0.385 e. The zero-order valence-electron chi connectivity index (χ0n) is 6.60. The quantitative estimate of drug-likeness (QED) is 0.814. The normalized spacial score (nSPS) is 9.64. The van der Waals surface area contributed by atoms with Crippen molar-refractivity contribution in [2.75, 3.05) is 11.9 Å². The average molecular weight is 214 g/mol. The molecule has 60 valence electrons. The second-order valence-corrected chi connectivity index (χ2v) is 3.35. The summed E-state index contributed by atoms with van der Waals surface area (Å²) in [6.45, 7) is 3.20. The zero-order valence-corrected chi connectivity index (χ0v) is 8.19. The van der Waals surface area contributed by atoms with Gasteiger partial charge < -0.3 is 5.32 Å². The molecule has 0 unspecified atom stereocenters. The van der Waals surface area contributed by atoms with E-state index in [0.29, 0.717) is 0 Å². The Labute approximate surface area is 75.9 Å². The largest absolute Gasteiger partial charge is 0.385 e. The first-order chi connectivity index (χ1) is 5.33. The highest BCUT2D eigenvalue weighted by Gasteiger charge is 1.88. The van der Waals surface area contributed by atoms with Gasteiger partial charge >= 0.3 is 0 Å². The van der Waals surface area contributed by atoms with E-state index in [4.69, 9.17) is 0 Å². The summed E-state index contributed by atoms with van der Waals surface area (Å²) >= 11 is 3.39. The van der Waals surface area contributed by atoms with Gasteiger partial charge in [-0.15, -0.1) is 0 Å². The first-order valence-corrected chi connectivity index (χ1v) is 4.61. The SMILES string of the molecule is CCCNc1ccc(Br)cc1. The van der Waals surface area contributed by atoms with Crippen molar-refractivity contribution in [3.63, 3.8) is 0 Å². The molecule has 1 N–H and O–H groups in total. The molecule has 0 heterocycles. The van der Waals surface area contributed by atoms with Gasteiger partial charge in [-0.05, 0) is 30.7 Å². The maximum absolute atomic E-state index is 3.39. The van der Waals surface area contributed by atoms with Crippen molar-refractivity contribution < 1.29 is 0 Å². The summed E-state index contributed by atoms with van der Waals surface area (Å²) < 4.78 is 1.12. The Morgan fingerprint density at radius 1 is 1.27 bits per heavy atom. The molecule has 0 fully saturated rings. The lowest BCUT2D eigenvalue weighted by Gasteiger charge is -2.03. The van der Waals surface area contributed by atoms with Crippen molar-refractivity contribution in [1.82, 2.24) is 0 Å². The summed E-state index contributed by atoms with van der Waals surface area (Å²) in [5, 5.41) is 3.30. The van der Waals surface area contributed by atoms with Crippen LogP contribution in [0.4, 0.5) is 5.69 Å². The monoisotopic (exact) mass is 213 g/mol. The van der Waals surface area contributed by atoms with Crippen molar-refractivity contribution in [3.05, 3.63) is 28.7 Å². The van der Waals surface area contributed by atoms with Crippen molar-refractivity contribution >= 4 is 21.6 Å². The lowest BCUT2D eigenvalue weighted by molar-refractivity contribution is 0.980. The molecule has 11 heavy (non-hydrogen) atoms. The first kappa shape index (κ1) is 8.60. The van der Waals surface area contributed by atoms with Crippen LogP contribution in [-0.2, 0) is 0 Å². The number of rotatable bonds is 3. The maximum Gasteiger partial charge on any atom is 0.0340 e. The van der Waals surface area contributed by atoms with E-state index in [0.717, 1.165) is 17.4 Å². The summed E-state index contributed by atoms with van der Waals surface area (Å²) in [7, 11) is 0. The molecule has 1 aromatic rings. The molecular formula is C9H12BrN. The van der Waals surface area contributed by atoms with Gasteiger partial charge in [0.25, 0.3) is 0 Å². The standard InChI is InChI=1S/C9H12BrN/c1-2-7-11-9-5-3-8(10)4-6-9/h3-6,11H,2,7H2,1H3. The van der Waals surface area contributed by atoms with E-state index >= 15 is 0 Å². The minimum atomic E-state index is 1.04. The second kappa shape index (κ2) is 4.39. The van der Waals surface area contributed by atoms with Crippen LogP contribution in [0, 0.1) is 0 Å². The van der Waals surface area contributed by atoms with E-state index < -0.39 is 0 Å². The highest BCUT2D eigenvalue weighted by Crippen LogP contribution is 2.13. The van der Waals surface area contributed by atoms with Crippen LogP contribution in [0.3, 0.4) is 0 Å². The third-order valence-electron chi connectivity index (χ3n) is 1.42. The molecule has 0 saturated heterocycles. The van der Waals surface area contributed by atoms with Crippen molar-refractivity contribution in [2.24, 2.45) is 0 Å². The zero-order chi connectivity index (χ0) is 8.10. The molecule has 0 aliphatic carbocycles. The number of benzene rings is 1. The van der Waals surface area contributed by atoms with Crippen LogP contribution in [-0.4, -0.2) is 6.54 Å². The Hall–Kier alpha value is -0.500. The van der Waals surface area contributed by atoms with Gasteiger partial charge in [-0.2, -0.15) is 0 Å². The fraction of sp³-hybridized carbons (Fsp3) is 0.333. The third-order valence-corrected chi connectivity index (χ3v) is 1.95. The van der Waals surface area contributed by atoms with Crippen LogP contribution in [0.2, 0.25) is 0 Å². The number of hydrogen-bond donors (Lipinski definition) is 1. The lowest BCUT2D eigenvalue weighted by atomic mass is 10.3. The van der Waals surface area contributed by atoms with Gasteiger partial charge in [0, 0.05) is 16.7 Å². The van der Waals surface area contributed by atoms with Gasteiger partial charge in [0.05, 0.1) is 0 Å². The van der Waals surface area contributed by atoms with E-state index in [2.05, 4.69) is 40.3 Å². The molecule has 0 bridgehead atoms. The third kappa shape index (κ3) is 2.93. The molecule has 0 amide bonds. The number of hydrogen-bond acceptors (Lipinski definition) is 1. The molecule has 0 aliphatic heterocycles. The lowest BCUT2D eigenvalue weighted by Crippen LogP contribution is -1.98. The van der Waals surface area contributed by atoms with Gasteiger partial charge in [-0.1, -0.05) is 22.9 Å². The smallest absolute Gasteiger partial charge is 0.0340 e. The Morgan fingerprint density at radius 2 is 1.91 bits per heavy atom. The van der Waals surface area contributed by atoms with Gasteiger partial charge in [0.1, 0.15) is 0 Å². The molecule has 0 atom stereocenters. The Balaban J connectivity index is 2.52. The molecule has 1 rings (SSSR count). The van der Waals surface area contributed by atoms with Crippen molar-refractivity contribution in [3.8, 4) is 0 Å². The van der Waals surface area contributed by atoms with Crippen molar-refractivity contribution in [2.45, 2.75) is 13.3 Å². The van der Waals surface area contributed by atoms with Crippen LogP contribution in [0.15, 0.2) is 28.7 Å². The number of anilines is 1. The van der Waals surface area contributed by atoms with Gasteiger partial charge in [0.2, 0.25) is 0 Å². The van der Waals surface area contributed by atoms with E-state index in [-0.39, 0.29) is 0 Å². The van der Waals surface area contributed by atoms with Crippen LogP contribution in [0.5, 0.6) is 0 Å². The number of nitrogens with one attached hydrogen (secondary N) is 1. The van der Waals surface area contributed by atoms with Crippen LogP contribution < -0.4 is 5.32 Å². The molecule has 0 aliphatic rings. The fourth-order valence-corrected chi connectivity index (χ4v) is 1.10.